The quantitative estimate of drug-likeness (QED) is 0.814. The summed E-state index contributed by atoms with van der Waals surface area (Å²) in [5.74, 6) is -0.416. The van der Waals surface area contributed by atoms with Crippen LogP contribution in [0.15, 0.2) is 23.1 Å². The maximum Gasteiger partial charge on any atom is 0.335 e. The molecule has 3 N–H and O–H groups in total. The van der Waals surface area contributed by atoms with Crippen molar-refractivity contribution in [1.29, 1.82) is 0 Å². The fraction of sp³-hybridized carbons (Fsp3) is 0.462. The highest BCUT2D eigenvalue weighted by molar-refractivity contribution is 8.00. The van der Waals surface area contributed by atoms with E-state index in [1.54, 1.807) is 11.8 Å². The number of aromatic carboxylic acids is 1. The molecule has 1 fully saturated rings. The second-order valence-electron chi connectivity index (χ2n) is 5.50. The van der Waals surface area contributed by atoms with Crippen LogP contribution in [-0.2, 0) is 10.0 Å². The highest BCUT2D eigenvalue weighted by Crippen LogP contribution is 2.33. The van der Waals surface area contributed by atoms with E-state index in [9.17, 15) is 13.2 Å². The summed E-state index contributed by atoms with van der Waals surface area (Å²) in [6.45, 7) is 4.82. The lowest BCUT2D eigenvalue weighted by Gasteiger charge is -2.36. The van der Waals surface area contributed by atoms with Crippen molar-refractivity contribution in [3.63, 3.8) is 0 Å². The Morgan fingerprint density at radius 1 is 1.43 bits per heavy atom. The predicted molar refractivity (Wildman–Crippen MR) is 83.1 cm³/mol. The van der Waals surface area contributed by atoms with Crippen LogP contribution in [0.4, 0.5) is 5.69 Å². The van der Waals surface area contributed by atoms with Crippen LogP contribution in [0.1, 0.15) is 24.2 Å². The normalized spacial score (nSPS) is 19.3. The minimum absolute atomic E-state index is 0.0269. The Morgan fingerprint density at radius 2 is 2.10 bits per heavy atom. The molecule has 0 aromatic heterocycles. The van der Waals surface area contributed by atoms with E-state index >= 15 is 0 Å². The van der Waals surface area contributed by atoms with Gasteiger partial charge >= 0.3 is 5.97 Å². The summed E-state index contributed by atoms with van der Waals surface area (Å²) in [6, 6.07) is 3.71. The van der Waals surface area contributed by atoms with Gasteiger partial charge in [0, 0.05) is 23.6 Å². The van der Waals surface area contributed by atoms with E-state index in [1.807, 2.05) is 13.8 Å². The van der Waals surface area contributed by atoms with Gasteiger partial charge in [0.2, 0.25) is 10.0 Å². The van der Waals surface area contributed by atoms with Crippen molar-refractivity contribution in [2.24, 2.45) is 0 Å². The second-order valence-corrected chi connectivity index (χ2v) is 9.21. The zero-order valence-electron chi connectivity index (χ0n) is 11.9. The number of carbonyl (C=O) groups is 1. The number of hydrogen-bond acceptors (Lipinski definition) is 5. The van der Waals surface area contributed by atoms with Crippen LogP contribution in [0.25, 0.3) is 0 Å². The summed E-state index contributed by atoms with van der Waals surface area (Å²) < 4.78 is 26.6. The van der Waals surface area contributed by atoms with Gasteiger partial charge < -0.3 is 10.8 Å². The number of nitrogens with two attached hydrogens (primary N) is 1. The first kappa shape index (κ1) is 16.1. The van der Waals surface area contributed by atoms with Gasteiger partial charge in [0.05, 0.1) is 11.3 Å². The van der Waals surface area contributed by atoms with E-state index in [1.165, 1.54) is 22.5 Å². The Kier molecular flexibility index (Phi) is 4.23. The standard InChI is InChI=1S/C13H18N2O4S2/c1-13(2)8-15(5-6-20-13)21(18,19)11-4-3-9(12(16)17)7-10(11)14/h3-4,7H,5-6,8,14H2,1-2H3,(H,16,17). The van der Waals surface area contributed by atoms with Gasteiger partial charge in [-0.2, -0.15) is 16.1 Å². The fourth-order valence-electron chi connectivity index (χ4n) is 2.23. The summed E-state index contributed by atoms with van der Waals surface area (Å²) in [6.07, 6.45) is 0. The number of nitrogen functional groups attached to an aromatic ring is 1. The van der Waals surface area contributed by atoms with Crippen LogP contribution in [-0.4, -0.2) is 47.4 Å². The van der Waals surface area contributed by atoms with Gasteiger partial charge in [-0.1, -0.05) is 0 Å². The van der Waals surface area contributed by atoms with Crippen molar-refractivity contribution in [2.75, 3.05) is 24.6 Å². The molecule has 1 aliphatic heterocycles. The molecule has 0 atom stereocenters. The van der Waals surface area contributed by atoms with Crippen LogP contribution in [0.3, 0.4) is 0 Å². The molecule has 0 radical (unpaired) electrons. The zero-order valence-corrected chi connectivity index (χ0v) is 13.5. The number of carboxylic acids is 1. The highest BCUT2D eigenvalue weighted by atomic mass is 32.2. The largest absolute Gasteiger partial charge is 0.478 e. The maximum atomic E-state index is 12.7. The Balaban J connectivity index is 2.38. The Bertz CT molecular complexity index is 671. The number of hydrogen-bond donors (Lipinski definition) is 2. The van der Waals surface area contributed by atoms with E-state index in [0.29, 0.717) is 13.1 Å². The molecule has 1 aliphatic rings. The van der Waals surface area contributed by atoms with E-state index in [-0.39, 0.29) is 20.9 Å². The van der Waals surface area contributed by atoms with Crippen molar-refractivity contribution in [1.82, 2.24) is 4.31 Å². The average molecular weight is 330 g/mol. The van der Waals surface area contributed by atoms with Gasteiger partial charge in [0.25, 0.3) is 0 Å². The molecule has 1 saturated heterocycles. The number of carboxylic acid groups (broad SMARTS) is 1. The smallest absolute Gasteiger partial charge is 0.335 e. The SMILES string of the molecule is CC1(C)CN(S(=O)(=O)c2ccc(C(=O)O)cc2N)CCS1. The van der Waals surface area contributed by atoms with Gasteiger partial charge in [-0.15, -0.1) is 0 Å². The Morgan fingerprint density at radius 3 is 2.62 bits per heavy atom. The molecule has 6 nitrogen and oxygen atoms in total. The first-order chi connectivity index (χ1) is 9.63. The number of thioether (sulfide) groups is 1. The molecule has 2 rings (SSSR count). The third kappa shape index (κ3) is 3.33. The van der Waals surface area contributed by atoms with Gasteiger partial charge in [-0.25, -0.2) is 13.2 Å². The second kappa shape index (κ2) is 5.51. The molecule has 0 aliphatic carbocycles. The number of rotatable bonds is 3. The van der Waals surface area contributed by atoms with Crippen LogP contribution < -0.4 is 5.73 Å². The van der Waals surface area contributed by atoms with Crippen LogP contribution in [0.2, 0.25) is 0 Å². The lowest BCUT2D eigenvalue weighted by Crippen LogP contribution is -2.46. The maximum absolute atomic E-state index is 12.7. The molecule has 1 heterocycles. The molecule has 0 amide bonds. The van der Waals surface area contributed by atoms with Crippen molar-refractivity contribution < 1.29 is 18.3 Å². The molecule has 0 bridgehead atoms. The van der Waals surface area contributed by atoms with Crippen molar-refractivity contribution in [2.45, 2.75) is 23.5 Å². The first-order valence-corrected chi connectivity index (χ1v) is 8.83. The first-order valence-electron chi connectivity index (χ1n) is 6.40. The van der Waals surface area contributed by atoms with E-state index in [2.05, 4.69) is 0 Å². The molecule has 0 spiro atoms. The lowest BCUT2D eigenvalue weighted by molar-refractivity contribution is 0.0697. The Hall–Kier alpha value is -1.25. The van der Waals surface area contributed by atoms with Crippen molar-refractivity contribution in [3.05, 3.63) is 23.8 Å². The summed E-state index contributed by atoms with van der Waals surface area (Å²) >= 11 is 1.73. The van der Waals surface area contributed by atoms with E-state index in [0.717, 1.165) is 5.75 Å². The van der Waals surface area contributed by atoms with Crippen LogP contribution in [0.5, 0.6) is 0 Å². The molecular weight excluding hydrogens is 312 g/mol. The summed E-state index contributed by atoms with van der Waals surface area (Å²) in [4.78, 5) is 10.9. The lowest BCUT2D eigenvalue weighted by atomic mass is 10.2. The number of sulfonamides is 1. The number of anilines is 1. The van der Waals surface area contributed by atoms with E-state index in [4.69, 9.17) is 10.8 Å². The molecule has 1 aromatic rings. The topological polar surface area (TPSA) is 101 Å². The summed E-state index contributed by atoms with van der Waals surface area (Å²) in [5.41, 5.74) is 5.68. The monoisotopic (exact) mass is 330 g/mol. The van der Waals surface area contributed by atoms with Crippen LogP contribution in [0, 0.1) is 0 Å². The molecule has 0 unspecified atom stereocenters. The van der Waals surface area contributed by atoms with Crippen molar-refractivity contribution >= 4 is 33.4 Å². The molecule has 116 valence electrons. The minimum Gasteiger partial charge on any atom is -0.478 e. The van der Waals surface area contributed by atoms with Gasteiger partial charge in [0.15, 0.2) is 0 Å². The molecule has 21 heavy (non-hydrogen) atoms. The van der Waals surface area contributed by atoms with Crippen molar-refractivity contribution in [3.8, 4) is 0 Å². The van der Waals surface area contributed by atoms with Crippen LogP contribution >= 0.6 is 11.8 Å². The van der Waals surface area contributed by atoms with Gasteiger partial charge in [-0.05, 0) is 32.0 Å². The zero-order chi connectivity index (χ0) is 15.8. The predicted octanol–water partition coefficient (Wildman–Crippen LogP) is 1.48. The minimum atomic E-state index is -3.70. The summed E-state index contributed by atoms with van der Waals surface area (Å²) in [5, 5.41) is 8.90. The molecule has 8 heteroatoms. The van der Waals surface area contributed by atoms with Gasteiger partial charge in [-0.3, -0.25) is 0 Å². The average Bonchev–Trinajstić information content (AvgIpc) is 2.36. The molecule has 0 saturated carbocycles. The van der Waals surface area contributed by atoms with Gasteiger partial charge in [0.1, 0.15) is 4.90 Å². The fourth-order valence-corrected chi connectivity index (χ4v) is 5.24. The van der Waals surface area contributed by atoms with E-state index < -0.39 is 16.0 Å². The molecule has 1 aromatic carbocycles. The Labute approximate surface area is 128 Å². The number of nitrogens with zero attached hydrogens (tertiary/aromatic N) is 1. The third-order valence-electron chi connectivity index (χ3n) is 3.27. The molecular formula is C13H18N2O4S2. The summed E-state index contributed by atoms with van der Waals surface area (Å²) in [7, 11) is -3.70. The third-order valence-corrected chi connectivity index (χ3v) is 6.48. The highest BCUT2D eigenvalue weighted by Gasteiger charge is 2.35. The number of benzene rings is 1.